The van der Waals surface area contributed by atoms with Crippen LogP contribution >= 0.6 is 0 Å². The number of aryl methyl sites for hydroxylation is 2. The minimum Gasteiger partial charge on any atom is -0.352 e. The van der Waals surface area contributed by atoms with Crippen LogP contribution in [0.3, 0.4) is 0 Å². The van der Waals surface area contributed by atoms with Crippen molar-refractivity contribution < 1.29 is 4.79 Å². The van der Waals surface area contributed by atoms with Crippen molar-refractivity contribution in [2.24, 2.45) is 0 Å². The van der Waals surface area contributed by atoms with Gasteiger partial charge in [0.25, 0.3) is 11.5 Å². The van der Waals surface area contributed by atoms with Crippen molar-refractivity contribution in [3.05, 3.63) is 51.4 Å². The lowest BCUT2D eigenvalue weighted by Gasteiger charge is -2.15. The number of nitrogens with zero attached hydrogens (tertiary/aromatic N) is 3. The molecule has 178 valence electrons. The third-order valence-corrected chi connectivity index (χ3v) is 6.18. The van der Waals surface area contributed by atoms with E-state index in [0.717, 1.165) is 44.1 Å². The number of carbonyl (C=O) groups is 1. The number of nitrogens with one attached hydrogen (secondary N) is 2. The van der Waals surface area contributed by atoms with Crippen LogP contribution in [-0.4, -0.2) is 26.4 Å². The summed E-state index contributed by atoms with van der Waals surface area (Å²) in [6.07, 6.45) is 11.4. The van der Waals surface area contributed by atoms with Crippen molar-refractivity contribution in [2.75, 3.05) is 6.54 Å². The standard InChI is InChI=1S/C26H37N5O2/c1-4-6-8-10-11-15-28-25(32)20-18-21-24(30(22(20)27)16-12-9-7-5-2)29-23-19(3)14-13-17-31(23)26(21)33/h13-14,17-18,27H,4-12,15-16H2,1-3H3,(H,28,32). The molecule has 0 aliphatic carbocycles. The number of aromatic nitrogens is 3. The Morgan fingerprint density at radius 3 is 2.45 bits per heavy atom. The van der Waals surface area contributed by atoms with Gasteiger partial charge in [0.05, 0.1) is 10.9 Å². The van der Waals surface area contributed by atoms with Gasteiger partial charge in [-0.1, -0.05) is 64.9 Å². The van der Waals surface area contributed by atoms with Crippen LogP contribution in [0.2, 0.25) is 0 Å². The fourth-order valence-corrected chi connectivity index (χ4v) is 4.21. The average Bonchev–Trinajstić information content (AvgIpc) is 2.81. The Morgan fingerprint density at radius 1 is 1.03 bits per heavy atom. The molecule has 0 saturated carbocycles. The molecule has 7 heteroatoms. The normalized spacial score (nSPS) is 11.4. The highest BCUT2D eigenvalue weighted by Crippen LogP contribution is 2.14. The van der Waals surface area contributed by atoms with Crippen LogP contribution in [0.15, 0.2) is 29.2 Å². The van der Waals surface area contributed by atoms with E-state index in [1.807, 2.05) is 19.1 Å². The highest BCUT2D eigenvalue weighted by atomic mass is 16.1. The zero-order valence-electron chi connectivity index (χ0n) is 20.2. The molecule has 3 aromatic heterocycles. The largest absolute Gasteiger partial charge is 0.352 e. The van der Waals surface area contributed by atoms with Crippen molar-refractivity contribution in [1.29, 1.82) is 5.41 Å². The molecule has 0 bridgehead atoms. The summed E-state index contributed by atoms with van der Waals surface area (Å²) >= 11 is 0. The lowest BCUT2D eigenvalue weighted by Crippen LogP contribution is -2.35. The molecule has 0 spiro atoms. The summed E-state index contributed by atoms with van der Waals surface area (Å²) in [5.41, 5.74) is 2.10. The molecule has 0 aliphatic heterocycles. The van der Waals surface area contributed by atoms with Gasteiger partial charge in [0.1, 0.15) is 16.8 Å². The van der Waals surface area contributed by atoms with Gasteiger partial charge in [-0.25, -0.2) is 4.98 Å². The van der Waals surface area contributed by atoms with E-state index < -0.39 is 0 Å². The number of unbranched alkanes of at least 4 members (excludes halogenated alkanes) is 7. The first-order valence-corrected chi connectivity index (χ1v) is 12.4. The third kappa shape index (κ3) is 5.70. The Bertz CT molecular complexity index is 1230. The Kier molecular flexibility index (Phi) is 8.80. The van der Waals surface area contributed by atoms with Crippen LogP contribution in [0.25, 0.3) is 16.7 Å². The average molecular weight is 452 g/mol. The number of hydrogen-bond acceptors (Lipinski definition) is 4. The molecule has 1 amide bonds. The van der Waals surface area contributed by atoms with Crippen LogP contribution in [0.1, 0.15) is 87.6 Å². The first-order chi connectivity index (χ1) is 16.0. The second kappa shape index (κ2) is 11.8. The first kappa shape index (κ1) is 24.7. The molecule has 3 heterocycles. The van der Waals surface area contributed by atoms with Crippen molar-refractivity contribution in [1.82, 2.24) is 19.3 Å². The van der Waals surface area contributed by atoms with Crippen LogP contribution in [-0.2, 0) is 6.54 Å². The molecular formula is C26H37N5O2. The second-order valence-electron chi connectivity index (χ2n) is 8.83. The van der Waals surface area contributed by atoms with E-state index in [4.69, 9.17) is 10.4 Å². The molecule has 0 fully saturated rings. The Balaban J connectivity index is 2.01. The zero-order valence-corrected chi connectivity index (χ0v) is 20.2. The maximum absolute atomic E-state index is 13.3. The van der Waals surface area contributed by atoms with Crippen molar-refractivity contribution in [2.45, 2.75) is 85.1 Å². The van der Waals surface area contributed by atoms with Gasteiger partial charge in [0.15, 0.2) is 0 Å². The van der Waals surface area contributed by atoms with E-state index in [2.05, 4.69) is 19.2 Å². The quantitative estimate of drug-likeness (QED) is 0.308. The number of carbonyl (C=O) groups excluding carboxylic acids is 1. The van der Waals surface area contributed by atoms with Crippen LogP contribution in [0.4, 0.5) is 0 Å². The number of hydrogen-bond donors (Lipinski definition) is 2. The molecule has 3 aromatic rings. The third-order valence-electron chi connectivity index (χ3n) is 6.18. The van der Waals surface area contributed by atoms with E-state index in [0.29, 0.717) is 29.8 Å². The minimum atomic E-state index is -0.298. The predicted molar refractivity (Wildman–Crippen MR) is 133 cm³/mol. The van der Waals surface area contributed by atoms with Gasteiger partial charge in [0.2, 0.25) is 0 Å². The van der Waals surface area contributed by atoms with Crippen molar-refractivity contribution >= 4 is 22.6 Å². The van der Waals surface area contributed by atoms with E-state index in [1.54, 1.807) is 16.8 Å². The second-order valence-corrected chi connectivity index (χ2v) is 8.83. The van der Waals surface area contributed by atoms with E-state index in [-0.39, 0.29) is 22.5 Å². The van der Waals surface area contributed by atoms with E-state index in [1.165, 1.54) is 23.7 Å². The summed E-state index contributed by atoms with van der Waals surface area (Å²) in [4.78, 5) is 31.1. The molecule has 0 aromatic carbocycles. The highest BCUT2D eigenvalue weighted by Gasteiger charge is 2.17. The lowest BCUT2D eigenvalue weighted by atomic mass is 10.1. The van der Waals surface area contributed by atoms with Crippen molar-refractivity contribution in [3.8, 4) is 0 Å². The maximum Gasteiger partial charge on any atom is 0.267 e. The SMILES string of the molecule is CCCCCCCNC(=O)c1cc2c(=O)n3cccc(C)c3nc2n(CCCCCC)c1=N. The number of pyridine rings is 2. The topological polar surface area (TPSA) is 92.2 Å². The van der Waals surface area contributed by atoms with Gasteiger partial charge in [-0.2, -0.15) is 0 Å². The van der Waals surface area contributed by atoms with Gasteiger partial charge in [0, 0.05) is 19.3 Å². The van der Waals surface area contributed by atoms with E-state index >= 15 is 0 Å². The number of fused-ring (bicyclic) bond motifs is 2. The van der Waals surface area contributed by atoms with Gasteiger partial charge in [-0.05, 0) is 37.5 Å². The van der Waals surface area contributed by atoms with Crippen LogP contribution < -0.4 is 16.4 Å². The number of rotatable bonds is 12. The summed E-state index contributed by atoms with van der Waals surface area (Å²) in [7, 11) is 0. The highest BCUT2D eigenvalue weighted by molar-refractivity contribution is 5.96. The molecule has 0 unspecified atom stereocenters. The van der Waals surface area contributed by atoms with Gasteiger partial charge >= 0.3 is 0 Å². The molecule has 0 aliphatic rings. The molecule has 0 saturated heterocycles. The molecule has 0 atom stereocenters. The van der Waals surface area contributed by atoms with Gasteiger partial charge in [-0.3, -0.25) is 19.4 Å². The summed E-state index contributed by atoms with van der Waals surface area (Å²) in [5.74, 6) is -0.298. The molecular weight excluding hydrogens is 414 g/mol. The van der Waals surface area contributed by atoms with Gasteiger partial charge < -0.3 is 9.88 Å². The Labute approximate surface area is 195 Å². The smallest absolute Gasteiger partial charge is 0.267 e. The van der Waals surface area contributed by atoms with Crippen LogP contribution in [0.5, 0.6) is 0 Å². The summed E-state index contributed by atoms with van der Waals surface area (Å²) in [5, 5.41) is 12.1. The fourth-order valence-electron chi connectivity index (χ4n) is 4.21. The maximum atomic E-state index is 13.3. The minimum absolute atomic E-state index is 0.118. The molecule has 3 rings (SSSR count). The summed E-state index contributed by atoms with van der Waals surface area (Å²) in [6.45, 7) is 7.38. The van der Waals surface area contributed by atoms with Gasteiger partial charge in [-0.15, -0.1) is 0 Å². The lowest BCUT2D eigenvalue weighted by molar-refractivity contribution is 0.0950. The summed E-state index contributed by atoms with van der Waals surface area (Å²) in [6, 6.07) is 5.29. The monoisotopic (exact) mass is 451 g/mol. The zero-order chi connectivity index (χ0) is 23.8. The van der Waals surface area contributed by atoms with Crippen LogP contribution in [0, 0.1) is 12.3 Å². The molecule has 7 nitrogen and oxygen atoms in total. The van der Waals surface area contributed by atoms with Crippen molar-refractivity contribution in [3.63, 3.8) is 0 Å². The molecule has 0 radical (unpaired) electrons. The Morgan fingerprint density at radius 2 is 1.73 bits per heavy atom. The Hall–Kier alpha value is -2.96. The first-order valence-electron chi connectivity index (χ1n) is 12.4. The fraction of sp³-hybridized carbons (Fsp3) is 0.538. The molecule has 33 heavy (non-hydrogen) atoms. The number of amides is 1. The summed E-state index contributed by atoms with van der Waals surface area (Å²) < 4.78 is 3.27. The predicted octanol–water partition coefficient (Wildman–Crippen LogP) is 4.72. The molecule has 2 N–H and O–H groups in total. The van der Waals surface area contributed by atoms with E-state index in [9.17, 15) is 9.59 Å².